The number of nitriles is 1. The van der Waals surface area contributed by atoms with E-state index in [1.54, 1.807) is 0 Å². The van der Waals surface area contributed by atoms with Crippen molar-refractivity contribution < 1.29 is 13.6 Å². The van der Waals surface area contributed by atoms with E-state index in [9.17, 15) is 9.65 Å². The molecule has 1 saturated carbocycles. The van der Waals surface area contributed by atoms with Crippen molar-refractivity contribution in [1.82, 2.24) is 14.9 Å². The van der Waals surface area contributed by atoms with E-state index in [4.69, 9.17) is 25.7 Å². The highest BCUT2D eigenvalue weighted by molar-refractivity contribution is 9.10. The summed E-state index contributed by atoms with van der Waals surface area (Å²) in [5.41, 5.74) is 0.520. The number of hydrogen-bond acceptors (Lipinski definition) is 7. The molecule has 1 aliphatic carbocycles. The molecule has 7 nitrogen and oxygen atoms in total. The summed E-state index contributed by atoms with van der Waals surface area (Å²) in [5.74, 6) is 0.673. The summed E-state index contributed by atoms with van der Waals surface area (Å²) in [5, 5.41) is 11.3. The largest absolute Gasteiger partial charge is 0.461 e. The Kier molecular flexibility index (Phi) is 7.73. The second-order valence-corrected chi connectivity index (χ2v) is 18.9. The fourth-order valence-electron chi connectivity index (χ4n) is 5.97. The molecule has 2 atom stereocenters. The van der Waals surface area contributed by atoms with Gasteiger partial charge in [0.1, 0.15) is 24.7 Å². The van der Waals surface area contributed by atoms with Crippen molar-refractivity contribution in [2.45, 2.75) is 94.9 Å². The number of halogens is 3. The molecule has 0 spiro atoms. The fraction of sp³-hybridized carbons (Fsp3) is 0.679. The zero-order valence-corrected chi connectivity index (χ0v) is 27.0. The van der Waals surface area contributed by atoms with Gasteiger partial charge >= 0.3 is 6.01 Å². The maximum Gasteiger partial charge on any atom is 0.319 e. The molecule has 11 heteroatoms. The number of ether oxygens (including phenoxy) is 1. The van der Waals surface area contributed by atoms with Crippen molar-refractivity contribution in [3.8, 4) is 12.1 Å². The normalized spacial score (nSPS) is 27.3. The van der Waals surface area contributed by atoms with Gasteiger partial charge in [-0.3, -0.25) is 4.90 Å². The number of nitrogens with zero attached hydrogens (tertiary/aromatic N) is 5. The van der Waals surface area contributed by atoms with Gasteiger partial charge in [-0.2, -0.15) is 15.2 Å². The van der Waals surface area contributed by atoms with Gasteiger partial charge in [-0.15, -0.1) is 0 Å². The van der Waals surface area contributed by atoms with Crippen LogP contribution in [-0.4, -0.2) is 73.8 Å². The number of hydrogen-bond donors (Lipinski definition) is 0. The highest BCUT2D eigenvalue weighted by Gasteiger charge is 2.49. The zero-order valence-electron chi connectivity index (χ0n) is 23.7. The maximum absolute atomic E-state index is 14.3. The summed E-state index contributed by atoms with van der Waals surface area (Å²) in [6.07, 6.45) is 3.58. The first-order valence-corrected chi connectivity index (χ1v) is 17.8. The van der Waals surface area contributed by atoms with Gasteiger partial charge in [-0.05, 0) is 72.4 Å². The number of anilines is 1. The number of alkyl halides is 1. The molecule has 1 aromatic heterocycles. The van der Waals surface area contributed by atoms with Crippen LogP contribution in [0.1, 0.15) is 58.4 Å². The van der Waals surface area contributed by atoms with E-state index in [1.165, 1.54) is 0 Å². The third-order valence-corrected chi connectivity index (χ3v) is 15.3. The standard InChI is InChI=1S/C28H38BrClFN5O2Si/c1-27(2,3)39(5,6)38-19-10-18(11-19)35(4)25-20-12-22(30)23(29)21(14-32)24(20)33-26(34-25)37-16-28-8-7-9-36(28)15-17(31)13-28/h12,17-19H,7-11,13,15-16H2,1-6H3/t17-,18?,19?,28+/m1/s1. The molecular weight excluding hydrogens is 601 g/mol. The van der Waals surface area contributed by atoms with Crippen molar-refractivity contribution in [3.63, 3.8) is 0 Å². The molecule has 0 bridgehead atoms. The predicted molar refractivity (Wildman–Crippen MR) is 159 cm³/mol. The highest BCUT2D eigenvalue weighted by atomic mass is 79.9. The molecule has 39 heavy (non-hydrogen) atoms. The lowest BCUT2D eigenvalue weighted by molar-refractivity contribution is 0.0840. The Morgan fingerprint density at radius 3 is 2.72 bits per heavy atom. The van der Waals surface area contributed by atoms with Crippen LogP contribution in [0.25, 0.3) is 10.9 Å². The van der Waals surface area contributed by atoms with Gasteiger partial charge < -0.3 is 14.1 Å². The average Bonchev–Trinajstić information content (AvgIpc) is 3.35. The molecule has 3 fully saturated rings. The van der Waals surface area contributed by atoms with Gasteiger partial charge in [0.15, 0.2) is 8.32 Å². The Balaban J connectivity index is 1.43. The monoisotopic (exact) mass is 637 g/mol. The van der Waals surface area contributed by atoms with Gasteiger partial charge in [0.2, 0.25) is 0 Å². The molecule has 3 aliphatic rings. The first-order chi connectivity index (χ1) is 18.2. The van der Waals surface area contributed by atoms with Crippen molar-refractivity contribution in [1.29, 1.82) is 5.26 Å². The predicted octanol–water partition coefficient (Wildman–Crippen LogP) is 6.86. The Morgan fingerprint density at radius 1 is 1.33 bits per heavy atom. The molecule has 212 valence electrons. The van der Waals surface area contributed by atoms with Crippen LogP contribution in [0, 0.1) is 11.3 Å². The Hall–Kier alpha value is -1.51. The van der Waals surface area contributed by atoms with Crippen LogP contribution < -0.4 is 9.64 Å². The van der Waals surface area contributed by atoms with Gasteiger partial charge in [-0.1, -0.05) is 32.4 Å². The Morgan fingerprint density at radius 2 is 2.05 bits per heavy atom. The minimum atomic E-state index is -1.85. The molecule has 1 aromatic carbocycles. The lowest BCUT2D eigenvalue weighted by Gasteiger charge is -2.47. The number of fused-ring (bicyclic) bond motifs is 2. The summed E-state index contributed by atoms with van der Waals surface area (Å²) in [7, 11) is 0.163. The molecule has 0 amide bonds. The Bertz CT molecular complexity index is 1310. The quantitative estimate of drug-likeness (QED) is 0.307. The van der Waals surface area contributed by atoms with Crippen LogP contribution in [0.3, 0.4) is 0 Å². The lowest BCUT2D eigenvalue weighted by atomic mass is 9.88. The average molecular weight is 639 g/mol. The molecule has 0 radical (unpaired) electrons. The number of benzene rings is 1. The van der Waals surface area contributed by atoms with Crippen molar-refractivity contribution >= 4 is 52.6 Å². The minimum Gasteiger partial charge on any atom is -0.461 e. The van der Waals surface area contributed by atoms with Gasteiger partial charge in [0, 0.05) is 37.5 Å². The summed E-state index contributed by atoms with van der Waals surface area (Å²) in [6.45, 7) is 13.0. The van der Waals surface area contributed by atoms with Crippen LogP contribution in [-0.2, 0) is 4.43 Å². The molecule has 2 saturated heterocycles. The summed E-state index contributed by atoms with van der Waals surface area (Å²) in [4.78, 5) is 13.9. The van der Waals surface area contributed by atoms with Crippen molar-refractivity contribution in [2.75, 3.05) is 31.6 Å². The van der Waals surface area contributed by atoms with E-state index in [0.29, 0.717) is 51.4 Å². The van der Waals surface area contributed by atoms with Crippen LogP contribution >= 0.6 is 27.5 Å². The van der Waals surface area contributed by atoms with Crippen molar-refractivity contribution in [3.05, 3.63) is 21.1 Å². The number of aromatic nitrogens is 2. The molecule has 2 aliphatic heterocycles. The molecule has 0 N–H and O–H groups in total. The van der Waals surface area contributed by atoms with E-state index in [0.717, 1.165) is 32.2 Å². The topological polar surface area (TPSA) is 74.5 Å². The van der Waals surface area contributed by atoms with Crippen LogP contribution in [0.15, 0.2) is 10.5 Å². The summed E-state index contributed by atoms with van der Waals surface area (Å²) in [6, 6.07) is 4.48. The van der Waals surface area contributed by atoms with E-state index in [-0.39, 0.29) is 28.7 Å². The second kappa shape index (κ2) is 10.4. The summed E-state index contributed by atoms with van der Waals surface area (Å²) < 4.78 is 27.7. The minimum absolute atomic E-state index is 0.160. The molecule has 0 unspecified atom stereocenters. The van der Waals surface area contributed by atoms with E-state index >= 15 is 0 Å². The van der Waals surface area contributed by atoms with Gasteiger partial charge in [-0.25, -0.2) is 4.39 Å². The van der Waals surface area contributed by atoms with Crippen molar-refractivity contribution in [2.24, 2.45) is 0 Å². The second-order valence-electron chi connectivity index (χ2n) is 13.0. The molecule has 5 rings (SSSR count). The maximum atomic E-state index is 14.3. The summed E-state index contributed by atoms with van der Waals surface area (Å²) >= 11 is 9.97. The van der Waals surface area contributed by atoms with Crippen LogP contribution in [0.4, 0.5) is 10.2 Å². The molecule has 3 heterocycles. The van der Waals surface area contributed by atoms with E-state index in [1.807, 2.05) is 13.1 Å². The van der Waals surface area contributed by atoms with Gasteiger partial charge in [0.05, 0.1) is 26.1 Å². The van der Waals surface area contributed by atoms with Gasteiger partial charge in [0.25, 0.3) is 0 Å². The molecule has 2 aromatic rings. The smallest absolute Gasteiger partial charge is 0.319 e. The van der Waals surface area contributed by atoms with Crippen LogP contribution in [0.5, 0.6) is 6.01 Å². The third-order valence-electron chi connectivity index (χ3n) is 9.40. The zero-order chi connectivity index (χ0) is 28.3. The highest BCUT2D eigenvalue weighted by Crippen LogP contribution is 2.44. The van der Waals surface area contributed by atoms with Crippen LogP contribution in [0.2, 0.25) is 23.2 Å². The van der Waals surface area contributed by atoms with E-state index < -0.39 is 14.5 Å². The molecular formula is C28H38BrClFN5O2Si. The lowest BCUT2D eigenvalue weighted by Crippen LogP contribution is -2.53. The first-order valence-electron chi connectivity index (χ1n) is 13.8. The van der Waals surface area contributed by atoms with E-state index in [2.05, 4.69) is 70.6 Å². The fourth-order valence-corrected chi connectivity index (χ4v) is 7.95. The number of rotatable bonds is 7. The first kappa shape index (κ1) is 29.0. The Labute approximate surface area is 245 Å². The third kappa shape index (κ3) is 5.30. The SMILES string of the molecule is CN(c1nc(OC[C@@]23CCCN2C[C@H](F)C3)nc2c(C#N)c(Br)c(Cl)cc12)C1CC(O[Si](C)(C)C(C)(C)C)C1.